The number of benzene rings is 1. The molecule has 0 fully saturated rings. The molecule has 108 valence electrons. The first-order chi connectivity index (χ1) is 9.16. The van der Waals surface area contributed by atoms with Crippen LogP contribution in [0.1, 0.15) is 64.0 Å². The molecule has 0 aromatic heterocycles. The first-order valence-electron chi connectivity index (χ1n) is 7.33. The first kappa shape index (κ1) is 16.0. The fourth-order valence-electron chi connectivity index (χ4n) is 2.09. The third-order valence-corrected chi connectivity index (χ3v) is 3.23. The highest BCUT2D eigenvalue weighted by molar-refractivity contribution is 5.36. The molecule has 0 saturated heterocycles. The third-order valence-electron chi connectivity index (χ3n) is 3.23. The van der Waals surface area contributed by atoms with E-state index < -0.39 is 0 Å². The largest absolute Gasteiger partial charge is 0.490 e. The molecule has 0 radical (unpaired) electrons. The molecular formula is C16H26FNO. The average Bonchev–Trinajstić information content (AvgIpc) is 2.39. The zero-order chi connectivity index (χ0) is 14.1. The molecule has 2 nitrogen and oxygen atoms in total. The Morgan fingerprint density at radius 1 is 1.16 bits per heavy atom. The standard InChI is InChI=1S/C16H26FNO/c1-3-4-5-6-7-8-12-19-16-14(13(2)18)10-9-11-15(16)17/h9-11,13H,3-8,12,18H2,1-2H3/t13-/m0/s1. The van der Waals surface area contributed by atoms with Crippen molar-refractivity contribution in [1.29, 1.82) is 0 Å². The molecule has 3 heteroatoms. The number of ether oxygens (including phenoxy) is 1. The van der Waals surface area contributed by atoms with Crippen molar-refractivity contribution < 1.29 is 9.13 Å². The molecule has 0 aliphatic carbocycles. The van der Waals surface area contributed by atoms with E-state index in [0.29, 0.717) is 12.4 Å². The van der Waals surface area contributed by atoms with Gasteiger partial charge in [0.1, 0.15) is 0 Å². The van der Waals surface area contributed by atoms with Gasteiger partial charge in [-0.1, -0.05) is 51.2 Å². The van der Waals surface area contributed by atoms with Crippen LogP contribution in [0.5, 0.6) is 5.75 Å². The summed E-state index contributed by atoms with van der Waals surface area (Å²) in [5.41, 5.74) is 6.56. The lowest BCUT2D eigenvalue weighted by atomic mass is 10.1. The van der Waals surface area contributed by atoms with E-state index in [-0.39, 0.29) is 11.9 Å². The summed E-state index contributed by atoms with van der Waals surface area (Å²) in [6, 6.07) is 4.70. The summed E-state index contributed by atoms with van der Waals surface area (Å²) in [5.74, 6) is 0.00633. The van der Waals surface area contributed by atoms with E-state index >= 15 is 0 Å². The van der Waals surface area contributed by atoms with Crippen molar-refractivity contribution in [2.45, 2.75) is 58.4 Å². The Hall–Kier alpha value is -1.09. The second kappa shape index (κ2) is 8.92. The van der Waals surface area contributed by atoms with Gasteiger partial charge in [0.15, 0.2) is 11.6 Å². The molecule has 1 aromatic rings. The van der Waals surface area contributed by atoms with Crippen LogP contribution in [0, 0.1) is 5.82 Å². The lowest BCUT2D eigenvalue weighted by Crippen LogP contribution is -2.10. The van der Waals surface area contributed by atoms with Gasteiger partial charge in [-0.3, -0.25) is 0 Å². The highest BCUT2D eigenvalue weighted by Gasteiger charge is 2.12. The van der Waals surface area contributed by atoms with Crippen LogP contribution >= 0.6 is 0 Å². The molecule has 1 aromatic carbocycles. The number of halogens is 1. The van der Waals surface area contributed by atoms with Crippen LogP contribution in [-0.2, 0) is 0 Å². The summed E-state index contributed by atoms with van der Waals surface area (Å²) in [5, 5.41) is 0. The smallest absolute Gasteiger partial charge is 0.165 e. The summed E-state index contributed by atoms with van der Waals surface area (Å²) < 4.78 is 19.3. The monoisotopic (exact) mass is 267 g/mol. The SMILES string of the molecule is CCCCCCCCOc1c(F)cccc1[C@H](C)N. The van der Waals surface area contributed by atoms with Crippen LogP contribution < -0.4 is 10.5 Å². The maximum absolute atomic E-state index is 13.7. The minimum absolute atomic E-state index is 0.213. The van der Waals surface area contributed by atoms with E-state index in [1.54, 1.807) is 6.07 Å². The van der Waals surface area contributed by atoms with Gasteiger partial charge in [0, 0.05) is 11.6 Å². The van der Waals surface area contributed by atoms with E-state index in [9.17, 15) is 4.39 Å². The highest BCUT2D eigenvalue weighted by Crippen LogP contribution is 2.27. The van der Waals surface area contributed by atoms with Gasteiger partial charge in [0.25, 0.3) is 0 Å². The molecule has 0 aliphatic heterocycles. The molecule has 0 heterocycles. The quantitative estimate of drug-likeness (QED) is 0.664. The Morgan fingerprint density at radius 2 is 1.84 bits per heavy atom. The summed E-state index contributed by atoms with van der Waals surface area (Å²) in [6.07, 6.45) is 7.17. The molecule has 19 heavy (non-hydrogen) atoms. The number of rotatable bonds is 9. The summed E-state index contributed by atoms with van der Waals surface area (Å²) in [6.45, 7) is 4.61. The van der Waals surface area contributed by atoms with E-state index in [0.717, 1.165) is 18.4 Å². The second-order valence-electron chi connectivity index (χ2n) is 5.06. The van der Waals surface area contributed by atoms with Gasteiger partial charge in [-0.05, 0) is 19.4 Å². The van der Waals surface area contributed by atoms with Gasteiger partial charge in [-0.15, -0.1) is 0 Å². The molecule has 0 amide bonds. The molecule has 1 rings (SSSR count). The number of unbranched alkanes of at least 4 members (excludes halogenated alkanes) is 5. The first-order valence-corrected chi connectivity index (χ1v) is 7.33. The Morgan fingerprint density at radius 3 is 2.53 bits per heavy atom. The molecular weight excluding hydrogens is 241 g/mol. The lowest BCUT2D eigenvalue weighted by Gasteiger charge is -2.14. The van der Waals surface area contributed by atoms with Gasteiger partial charge < -0.3 is 10.5 Å². The number of hydrogen-bond donors (Lipinski definition) is 1. The number of para-hydroxylation sites is 1. The minimum Gasteiger partial charge on any atom is -0.490 e. The zero-order valence-electron chi connectivity index (χ0n) is 12.1. The van der Waals surface area contributed by atoms with Crippen LogP contribution in [0.4, 0.5) is 4.39 Å². The summed E-state index contributed by atoms with van der Waals surface area (Å²) >= 11 is 0. The Balaban J connectivity index is 2.36. The second-order valence-corrected chi connectivity index (χ2v) is 5.06. The van der Waals surface area contributed by atoms with Gasteiger partial charge >= 0.3 is 0 Å². The van der Waals surface area contributed by atoms with E-state index in [1.807, 2.05) is 13.0 Å². The third kappa shape index (κ3) is 5.60. The minimum atomic E-state index is -0.319. The Labute approximate surface area is 116 Å². The predicted octanol–water partition coefficient (Wildman–Crippen LogP) is 4.58. The molecule has 0 saturated carbocycles. The van der Waals surface area contributed by atoms with Crippen molar-refractivity contribution in [3.05, 3.63) is 29.6 Å². The Kier molecular flexibility index (Phi) is 7.49. The number of nitrogens with two attached hydrogens (primary N) is 1. The van der Waals surface area contributed by atoms with Crippen molar-refractivity contribution in [2.24, 2.45) is 5.73 Å². The van der Waals surface area contributed by atoms with Gasteiger partial charge in [0.05, 0.1) is 6.61 Å². The molecule has 0 spiro atoms. The topological polar surface area (TPSA) is 35.2 Å². The molecule has 0 bridgehead atoms. The average molecular weight is 267 g/mol. The van der Waals surface area contributed by atoms with Crippen LogP contribution in [0.15, 0.2) is 18.2 Å². The lowest BCUT2D eigenvalue weighted by molar-refractivity contribution is 0.285. The van der Waals surface area contributed by atoms with E-state index in [4.69, 9.17) is 10.5 Å². The predicted molar refractivity (Wildman–Crippen MR) is 77.9 cm³/mol. The molecule has 0 aliphatic rings. The maximum Gasteiger partial charge on any atom is 0.165 e. The van der Waals surface area contributed by atoms with Crippen LogP contribution in [0.3, 0.4) is 0 Å². The molecule has 1 atom stereocenters. The van der Waals surface area contributed by atoms with Crippen LogP contribution in [-0.4, -0.2) is 6.61 Å². The normalized spacial score (nSPS) is 12.4. The number of hydrogen-bond acceptors (Lipinski definition) is 2. The zero-order valence-corrected chi connectivity index (χ0v) is 12.1. The highest BCUT2D eigenvalue weighted by atomic mass is 19.1. The van der Waals surface area contributed by atoms with Gasteiger partial charge in [-0.2, -0.15) is 0 Å². The van der Waals surface area contributed by atoms with Gasteiger partial charge in [-0.25, -0.2) is 4.39 Å². The summed E-state index contributed by atoms with van der Waals surface area (Å²) in [4.78, 5) is 0. The van der Waals surface area contributed by atoms with Crippen molar-refractivity contribution in [2.75, 3.05) is 6.61 Å². The van der Waals surface area contributed by atoms with Crippen LogP contribution in [0.25, 0.3) is 0 Å². The Bertz CT molecular complexity index is 366. The fourth-order valence-corrected chi connectivity index (χ4v) is 2.09. The summed E-state index contributed by atoms with van der Waals surface area (Å²) in [7, 11) is 0. The van der Waals surface area contributed by atoms with Crippen LogP contribution in [0.2, 0.25) is 0 Å². The van der Waals surface area contributed by atoms with Crippen molar-refractivity contribution in [3.63, 3.8) is 0 Å². The van der Waals surface area contributed by atoms with Crippen molar-refractivity contribution in [3.8, 4) is 5.75 Å². The van der Waals surface area contributed by atoms with Crippen molar-refractivity contribution >= 4 is 0 Å². The molecule has 2 N–H and O–H groups in total. The maximum atomic E-state index is 13.7. The fraction of sp³-hybridized carbons (Fsp3) is 0.625. The van der Waals surface area contributed by atoms with Crippen molar-refractivity contribution in [1.82, 2.24) is 0 Å². The van der Waals surface area contributed by atoms with E-state index in [2.05, 4.69) is 6.92 Å². The molecule has 0 unspecified atom stereocenters. The van der Waals surface area contributed by atoms with Gasteiger partial charge in [0.2, 0.25) is 0 Å². The van der Waals surface area contributed by atoms with E-state index in [1.165, 1.54) is 31.7 Å².